The molecule has 0 unspecified atom stereocenters. The van der Waals surface area contributed by atoms with Gasteiger partial charge in [-0.15, -0.1) is 11.3 Å². The Labute approximate surface area is 146 Å². The maximum Gasteiger partial charge on any atom is 0.177 e. The van der Waals surface area contributed by atoms with Gasteiger partial charge in [0.2, 0.25) is 0 Å². The second kappa shape index (κ2) is 7.28. The van der Waals surface area contributed by atoms with E-state index in [0.29, 0.717) is 6.04 Å². The van der Waals surface area contributed by atoms with Crippen LogP contribution in [0.3, 0.4) is 0 Å². The van der Waals surface area contributed by atoms with Gasteiger partial charge in [0.15, 0.2) is 5.76 Å². The van der Waals surface area contributed by atoms with Crippen LogP contribution in [-0.2, 0) is 6.54 Å². The third-order valence-corrected chi connectivity index (χ3v) is 5.49. The fourth-order valence-corrected chi connectivity index (χ4v) is 4.07. The van der Waals surface area contributed by atoms with E-state index in [-0.39, 0.29) is 0 Å². The minimum absolute atomic E-state index is 0.324. The maximum absolute atomic E-state index is 5.62. The second-order valence-electron chi connectivity index (χ2n) is 6.29. The van der Waals surface area contributed by atoms with Crippen LogP contribution < -0.4 is 0 Å². The van der Waals surface area contributed by atoms with E-state index in [0.717, 1.165) is 35.8 Å². The van der Waals surface area contributed by atoms with E-state index in [1.807, 2.05) is 24.5 Å². The van der Waals surface area contributed by atoms with Gasteiger partial charge in [-0.25, -0.2) is 0 Å². The normalized spacial score (nSPS) is 19.2. The fourth-order valence-electron chi connectivity index (χ4n) is 3.40. The van der Waals surface area contributed by atoms with E-state index in [2.05, 4.69) is 38.6 Å². The van der Waals surface area contributed by atoms with Crippen LogP contribution in [0.5, 0.6) is 0 Å². The third-order valence-electron chi connectivity index (χ3n) is 4.61. The van der Waals surface area contributed by atoms with Crippen LogP contribution in [0, 0.1) is 0 Å². The number of hydrogen-bond acceptors (Lipinski definition) is 5. The van der Waals surface area contributed by atoms with Crippen molar-refractivity contribution in [1.82, 2.24) is 15.0 Å². The van der Waals surface area contributed by atoms with Crippen LogP contribution in [0.15, 0.2) is 52.6 Å². The molecule has 1 saturated heterocycles. The van der Waals surface area contributed by atoms with Crippen LogP contribution in [0.2, 0.25) is 0 Å². The summed E-state index contributed by atoms with van der Waals surface area (Å²) < 4.78 is 5.62. The smallest absolute Gasteiger partial charge is 0.177 e. The quantitative estimate of drug-likeness (QED) is 0.677. The Balaban J connectivity index is 1.58. The van der Waals surface area contributed by atoms with E-state index in [9.17, 15) is 0 Å². The molecular formula is C19H21N3OS. The van der Waals surface area contributed by atoms with Gasteiger partial charge in [-0.05, 0) is 42.5 Å². The largest absolute Gasteiger partial charge is 0.355 e. The lowest BCUT2D eigenvalue weighted by molar-refractivity contribution is 0.184. The van der Waals surface area contributed by atoms with E-state index >= 15 is 0 Å². The van der Waals surface area contributed by atoms with Crippen molar-refractivity contribution in [2.45, 2.75) is 38.3 Å². The molecule has 0 spiro atoms. The molecule has 4 rings (SSSR count). The van der Waals surface area contributed by atoms with Gasteiger partial charge in [0, 0.05) is 25.0 Å². The summed E-state index contributed by atoms with van der Waals surface area (Å²) in [5, 5.41) is 6.47. The number of nitrogens with zero attached hydrogens (tertiary/aromatic N) is 3. The Morgan fingerprint density at radius 1 is 1.21 bits per heavy atom. The molecule has 3 aromatic heterocycles. The Morgan fingerprint density at radius 2 is 2.21 bits per heavy atom. The molecule has 5 heteroatoms. The highest BCUT2D eigenvalue weighted by Crippen LogP contribution is 2.34. The molecule has 0 aliphatic carbocycles. The Kier molecular flexibility index (Phi) is 4.71. The maximum atomic E-state index is 5.62. The highest BCUT2D eigenvalue weighted by Gasteiger charge is 2.26. The van der Waals surface area contributed by atoms with Gasteiger partial charge >= 0.3 is 0 Å². The number of aromatic nitrogens is 2. The lowest BCUT2D eigenvalue weighted by atomic mass is 10.1. The summed E-state index contributed by atoms with van der Waals surface area (Å²) in [6.07, 6.45) is 8.70. The number of hydrogen-bond donors (Lipinski definition) is 0. The highest BCUT2D eigenvalue weighted by atomic mass is 32.1. The van der Waals surface area contributed by atoms with Gasteiger partial charge in [0.1, 0.15) is 5.69 Å². The molecule has 4 nitrogen and oxygen atoms in total. The standard InChI is InChI=1S/C19H21N3OS/c1-2-7-17(16-12-18(23-21-16)19-8-5-11-24-19)22(10-3-1)14-15-6-4-9-20-13-15/h4-6,8-9,11-13,17H,1-3,7,10,14H2/t17-/m0/s1. The average molecular weight is 339 g/mol. The van der Waals surface area contributed by atoms with Gasteiger partial charge in [0.25, 0.3) is 0 Å². The van der Waals surface area contributed by atoms with Crippen LogP contribution in [0.25, 0.3) is 10.6 Å². The van der Waals surface area contributed by atoms with Crippen LogP contribution in [-0.4, -0.2) is 21.6 Å². The zero-order valence-corrected chi connectivity index (χ0v) is 14.4. The van der Waals surface area contributed by atoms with Gasteiger partial charge < -0.3 is 4.52 Å². The van der Waals surface area contributed by atoms with Crippen LogP contribution >= 0.6 is 11.3 Å². The molecule has 0 amide bonds. The van der Waals surface area contributed by atoms with E-state index in [4.69, 9.17) is 4.52 Å². The summed E-state index contributed by atoms with van der Waals surface area (Å²) in [6.45, 7) is 2.01. The lowest BCUT2D eigenvalue weighted by Crippen LogP contribution is -2.28. The minimum atomic E-state index is 0.324. The average Bonchev–Trinajstić information content (AvgIpc) is 3.25. The molecule has 0 aromatic carbocycles. The van der Waals surface area contributed by atoms with Crippen molar-refractivity contribution in [2.75, 3.05) is 6.54 Å². The van der Waals surface area contributed by atoms with E-state index in [1.54, 1.807) is 11.3 Å². The molecule has 0 radical (unpaired) electrons. The van der Waals surface area contributed by atoms with E-state index < -0.39 is 0 Å². The van der Waals surface area contributed by atoms with Crippen molar-refractivity contribution >= 4 is 11.3 Å². The molecule has 1 atom stereocenters. The van der Waals surface area contributed by atoms with E-state index in [1.165, 1.54) is 24.8 Å². The van der Waals surface area contributed by atoms with Crippen molar-refractivity contribution < 1.29 is 4.52 Å². The first-order valence-corrected chi connectivity index (χ1v) is 9.41. The number of likely N-dealkylation sites (tertiary alicyclic amines) is 1. The Bertz CT molecular complexity index is 754. The van der Waals surface area contributed by atoms with Gasteiger partial charge in [-0.3, -0.25) is 9.88 Å². The first-order chi connectivity index (χ1) is 11.9. The first-order valence-electron chi connectivity index (χ1n) is 8.53. The molecule has 124 valence electrons. The summed E-state index contributed by atoms with van der Waals surface area (Å²) in [6, 6.07) is 10.7. The predicted molar refractivity (Wildman–Crippen MR) is 95.7 cm³/mol. The first kappa shape index (κ1) is 15.5. The number of thiophene rings is 1. The summed E-state index contributed by atoms with van der Waals surface area (Å²) >= 11 is 1.69. The molecule has 3 aromatic rings. The molecule has 0 bridgehead atoms. The molecule has 4 heterocycles. The molecule has 1 aliphatic rings. The van der Waals surface area contributed by atoms with Crippen molar-refractivity contribution in [1.29, 1.82) is 0 Å². The minimum Gasteiger partial charge on any atom is -0.355 e. The third kappa shape index (κ3) is 3.42. The molecule has 1 fully saturated rings. The molecular weight excluding hydrogens is 318 g/mol. The summed E-state index contributed by atoms with van der Waals surface area (Å²) in [5.41, 5.74) is 2.32. The van der Waals surface area contributed by atoms with Gasteiger partial charge in [0.05, 0.1) is 10.9 Å². The number of pyridine rings is 1. The van der Waals surface area contributed by atoms with Crippen molar-refractivity contribution in [3.05, 3.63) is 59.4 Å². The fraction of sp³-hybridized carbons (Fsp3) is 0.368. The molecule has 0 N–H and O–H groups in total. The Hall–Kier alpha value is -1.98. The second-order valence-corrected chi connectivity index (χ2v) is 7.24. The predicted octanol–water partition coefficient (Wildman–Crippen LogP) is 4.92. The molecule has 24 heavy (non-hydrogen) atoms. The topological polar surface area (TPSA) is 42.2 Å². The number of rotatable bonds is 4. The van der Waals surface area contributed by atoms with Crippen molar-refractivity contribution in [2.24, 2.45) is 0 Å². The molecule has 0 saturated carbocycles. The molecule has 1 aliphatic heterocycles. The summed E-state index contributed by atoms with van der Waals surface area (Å²) in [7, 11) is 0. The zero-order valence-electron chi connectivity index (χ0n) is 13.6. The van der Waals surface area contributed by atoms with Gasteiger partial charge in [-0.2, -0.15) is 0 Å². The SMILES string of the molecule is c1cncc(CN2CCCCC[C@H]2c2cc(-c3cccs3)on2)c1. The Morgan fingerprint density at radius 3 is 3.04 bits per heavy atom. The van der Waals surface area contributed by atoms with Crippen molar-refractivity contribution in [3.8, 4) is 10.6 Å². The van der Waals surface area contributed by atoms with Crippen LogP contribution in [0.4, 0.5) is 0 Å². The zero-order chi connectivity index (χ0) is 16.2. The van der Waals surface area contributed by atoms with Crippen molar-refractivity contribution in [3.63, 3.8) is 0 Å². The highest BCUT2D eigenvalue weighted by molar-refractivity contribution is 7.13. The van der Waals surface area contributed by atoms with Gasteiger partial charge in [-0.1, -0.05) is 30.1 Å². The lowest BCUT2D eigenvalue weighted by Gasteiger charge is -2.28. The monoisotopic (exact) mass is 339 g/mol. The summed E-state index contributed by atoms with van der Waals surface area (Å²) in [4.78, 5) is 7.92. The summed E-state index contributed by atoms with van der Waals surface area (Å²) in [5.74, 6) is 0.880. The van der Waals surface area contributed by atoms with Crippen LogP contribution in [0.1, 0.15) is 43.0 Å².